The molecule has 2 aromatic carbocycles. The average Bonchev–Trinajstić information content (AvgIpc) is 2.22. The van der Waals surface area contributed by atoms with E-state index in [2.05, 4.69) is 6.07 Å². The fourth-order valence-corrected chi connectivity index (χ4v) is 1.56. The second-order valence-electron chi connectivity index (χ2n) is 3.55. The summed E-state index contributed by atoms with van der Waals surface area (Å²) in [6.45, 7) is 0. The highest BCUT2D eigenvalue weighted by Gasteiger charge is 1.99. The Morgan fingerprint density at radius 3 is 2.73 bits per heavy atom. The average molecular weight is 197 g/mol. The molecule has 0 amide bonds. The van der Waals surface area contributed by atoms with E-state index in [9.17, 15) is 0 Å². The van der Waals surface area contributed by atoms with Gasteiger partial charge >= 0.3 is 0 Å². The first-order chi connectivity index (χ1) is 7.25. The van der Waals surface area contributed by atoms with Gasteiger partial charge in [0.05, 0.1) is 0 Å². The fraction of sp³-hybridized carbons (Fsp3) is 0.0769. The molecule has 0 heterocycles. The molecule has 0 bridgehead atoms. The molecule has 2 rings (SSSR count). The Kier molecular flexibility index (Phi) is 2.59. The topological polar surface area (TPSA) is 52.0 Å². The van der Waals surface area contributed by atoms with Crippen LogP contribution in [-0.4, -0.2) is 0 Å². The van der Waals surface area contributed by atoms with E-state index in [1.807, 2.05) is 36.4 Å². The minimum atomic E-state index is 0.778. The highest BCUT2D eigenvalue weighted by atomic mass is 14.6. The van der Waals surface area contributed by atoms with Gasteiger partial charge in [-0.05, 0) is 41.8 Å². The Labute approximate surface area is 89.5 Å². The zero-order valence-corrected chi connectivity index (χ0v) is 8.40. The SMILES string of the molecule is Nc1cccc(Cc2cc[c]cc2N)c1. The van der Waals surface area contributed by atoms with Gasteiger partial charge in [0.2, 0.25) is 0 Å². The molecule has 0 atom stereocenters. The number of hydrogen-bond donors (Lipinski definition) is 2. The Morgan fingerprint density at radius 1 is 1.13 bits per heavy atom. The number of nitrogen functional groups attached to an aromatic ring is 2. The van der Waals surface area contributed by atoms with Crippen LogP contribution in [0.3, 0.4) is 0 Å². The van der Waals surface area contributed by atoms with Crippen LogP contribution in [0.5, 0.6) is 0 Å². The van der Waals surface area contributed by atoms with Gasteiger partial charge < -0.3 is 11.5 Å². The van der Waals surface area contributed by atoms with Gasteiger partial charge in [0, 0.05) is 11.4 Å². The van der Waals surface area contributed by atoms with Crippen LogP contribution in [-0.2, 0) is 6.42 Å². The molecule has 0 aromatic heterocycles. The molecule has 0 unspecified atom stereocenters. The third-order valence-electron chi connectivity index (χ3n) is 2.34. The molecule has 0 aliphatic rings. The summed E-state index contributed by atoms with van der Waals surface area (Å²) < 4.78 is 0. The van der Waals surface area contributed by atoms with Crippen molar-refractivity contribution in [2.45, 2.75) is 6.42 Å². The molecule has 0 saturated heterocycles. The predicted molar refractivity (Wildman–Crippen MR) is 63.4 cm³/mol. The normalized spacial score (nSPS) is 10.1. The molecule has 2 aromatic rings. The number of benzene rings is 2. The van der Waals surface area contributed by atoms with E-state index in [0.717, 1.165) is 23.4 Å². The van der Waals surface area contributed by atoms with Crippen LogP contribution in [0, 0.1) is 6.07 Å². The number of rotatable bonds is 2. The van der Waals surface area contributed by atoms with Crippen LogP contribution in [0.1, 0.15) is 11.1 Å². The van der Waals surface area contributed by atoms with Crippen molar-refractivity contribution in [1.29, 1.82) is 0 Å². The minimum Gasteiger partial charge on any atom is -0.399 e. The summed E-state index contributed by atoms with van der Waals surface area (Å²) in [6, 6.07) is 16.5. The number of hydrogen-bond acceptors (Lipinski definition) is 2. The number of anilines is 2. The van der Waals surface area contributed by atoms with E-state index in [4.69, 9.17) is 11.5 Å². The highest BCUT2D eigenvalue weighted by Crippen LogP contribution is 2.16. The third-order valence-corrected chi connectivity index (χ3v) is 2.34. The summed E-state index contributed by atoms with van der Waals surface area (Å²) in [5.74, 6) is 0. The number of nitrogens with two attached hydrogens (primary N) is 2. The first kappa shape index (κ1) is 9.59. The van der Waals surface area contributed by atoms with Crippen molar-refractivity contribution >= 4 is 11.4 Å². The lowest BCUT2D eigenvalue weighted by Crippen LogP contribution is -1.96. The maximum absolute atomic E-state index is 5.84. The van der Waals surface area contributed by atoms with Gasteiger partial charge in [-0.3, -0.25) is 0 Å². The lowest BCUT2D eigenvalue weighted by Gasteiger charge is -2.05. The molecule has 1 radical (unpaired) electrons. The van der Waals surface area contributed by atoms with Gasteiger partial charge in [0.15, 0.2) is 0 Å². The van der Waals surface area contributed by atoms with Crippen molar-refractivity contribution in [3.05, 3.63) is 59.7 Å². The first-order valence-corrected chi connectivity index (χ1v) is 4.84. The van der Waals surface area contributed by atoms with Gasteiger partial charge in [0.1, 0.15) is 0 Å². The summed E-state index contributed by atoms with van der Waals surface area (Å²) in [5.41, 5.74) is 15.4. The maximum atomic E-state index is 5.84. The Bertz CT molecular complexity index is 464. The molecular weight excluding hydrogens is 184 g/mol. The van der Waals surface area contributed by atoms with Crippen molar-refractivity contribution in [2.75, 3.05) is 11.5 Å². The first-order valence-electron chi connectivity index (χ1n) is 4.84. The van der Waals surface area contributed by atoms with Crippen molar-refractivity contribution in [1.82, 2.24) is 0 Å². The summed E-state index contributed by atoms with van der Waals surface area (Å²) in [7, 11) is 0. The van der Waals surface area contributed by atoms with Crippen molar-refractivity contribution < 1.29 is 0 Å². The van der Waals surface area contributed by atoms with E-state index in [1.165, 1.54) is 5.56 Å². The molecule has 0 fully saturated rings. The van der Waals surface area contributed by atoms with E-state index in [-0.39, 0.29) is 0 Å². The lowest BCUT2D eigenvalue weighted by molar-refractivity contribution is 1.20. The van der Waals surface area contributed by atoms with Crippen LogP contribution in [0.2, 0.25) is 0 Å². The van der Waals surface area contributed by atoms with E-state index < -0.39 is 0 Å². The molecule has 0 aliphatic carbocycles. The molecule has 0 aliphatic heterocycles. The van der Waals surface area contributed by atoms with Gasteiger partial charge in [-0.25, -0.2) is 0 Å². The van der Waals surface area contributed by atoms with Gasteiger partial charge in [-0.2, -0.15) is 0 Å². The maximum Gasteiger partial charge on any atom is 0.0356 e. The van der Waals surface area contributed by atoms with E-state index >= 15 is 0 Å². The smallest absolute Gasteiger partial charge is 0.0356 e. The standard InChI is InChI=1S/C13H13N2/c14-12-6-3-4-10(9-12)8-11-5-1-2-7-13(11)15/h1,3-7,9H,8,14-15H2. The van der Waals surface area contributed by atoms with E-state index in [1.54, 1.807) is 6.07 Å². The van der Waals surface area contributed by atoms with E-state index in [0.29, 0.717) is 0 Å². The minimum absolute atomic E-state index is 0.778. The quantitative estimate of drug-likeness (QED) is 0.725. The summed E-state index contributed by atoms with van der Waals surface area (Å²) >= 11 is 0. The Balaban J connectivity index is 2.26. The van der Waals surface area contributed by atoms with Crippen molar-refractivity contribution in [2.24, 2.45) is 0 Å². The Morgan fingerprint density at radius 2 is 2.00 bits per heavy atom. The molecule has 0 saturated carbocycles. The van der Waals surface area contributed by atoms with Gasteiger partial charge in [-0.15, -0.1) is 0 Å². The Hall–Kier alpha value is -1.96. The van der Waals surface area contributed by atoms with Crippen molar-refractivity contribution in [3.8, 4) is 0 Å². The van der Waals surface area contributed by atoms with Crippen LogP contribution >= 0.6 is 0 Å². The second-order valence-corrected chi connectivity index (χ2v) is 3.55. The molecular formula is C13H13N2. The fourth-order valence-electron chi connectivity index (χ4n) is 1.56. The van der Waals surface area contributed by atoms with Gasteiger partial charge in [-0.1, -0.05) is 24.3 Å². The zero-order valence-electron chi connectivity index (χ0n) is 8.40. The largest absolute Gasteiger partial charge is 0.399 e. The van der Waals surface area contributed by atoms with Gasteiger partial charge in [0.25, 0.3) is 0 Å². The molecule has 75 valence electrons. The predicted octanol–water partition coefficient (Wildman–Crippen LogP) is 2.24. The molecule has 4 N–H and O–H groups in total. The summed E-state index contributed by atoms with van der Waals surface area (Å²) in [6.07, 6.45) is 0.811. The second kappa shape index (κ2) is 4.05. The molecule has 2 heteroatoms. The van der Waals surface area contributed by atoms with Crippen LogP contribution in [0.15, 0.2) is 42.5 Å². The zero-order chi connectivity index (χ0) is 10.7. The van der Waals surface area contributed by atoms with Crippen LogP contribution in [0.25, 0.3) is 0 Å². The molecule has 0 spiro atoms. The van der Waals surface area contributed by atoms with Crippen molar-refractivity contribution in [3.63, 3.8) is 0 Å². The van der Waals surface area contributed by atoms with Crippen LogP contribution < -0.4 is 11.5 Å². The van der Waals surface area contributed by atoms with Crippen LogP contribution in [0.4, 0.5) is 11.4 Å². The third kappa shape index (κ3) is 2.29. The molecule has 2 nitrogen and oxygen atoms in total. The summed E-state index contributed by atoms with van der Waals surface area (Å²) in [5, 5.41) is 0. The summed E-state index contributed by atoms with van der Waals surface area (Å²) in [4.78, 5) is 0. The highest BCUT2D eigenvalue weighted by molar-refractivity contribution is 5.50. The molecule has 15 heavy (non-hydrogen) atoms. The lowest BCUT2D eigenvalue weighted by atomic mass is 10.0. The monoisotopic (exact) mass is 197 g/mol.